The third kappa shape index (κ3) is 2.72. The number of β-amino-alcohol motifs (C(OH)–C–C–N with tert-alkyl or cyclic N) is 1. The van der Waals surface area contributed by atoms with E-state index in [4.69, 9.17) is 0 Å². The summed E-state index contributed by atoms with van der Waals surface area (Å²) in [6, 6.07) is -0.00557. The van der Waals surface area contributed by atoms with E-state index in [2.05, 4.69) is 5.32 Å². The predicted octanol–water partition coefficient (Wildman–Crippen LogP) is 0.702. The second kappa shape index (κ2) is 5.29. The predicted molar refractivity (Wildman–Crippen MR) is 70.6 cm³/mol. The molecule has 0 radical (unpaired) electrons. The molecule has 2 amide bonds. The van der Waals surface area contributed by atoms with E-state index in [0.29, 0.717) is 30.8 Å². The molecule has 3 aliphatic rings. The molecule has 5 nitrogen and oxygen atoms in total. The van der Waals surface area contributed by atoms with Crippen LogP contribution in [0.1, 0.15) is 38.5 Å². The van der Waals surface area contributed by atoms with Crippen molar-refractivity contribution >= 4 is 6.03 Å². The Morgan fingerprint density at radius 1 is 1.26 bits per heavy atom. The Hall–Kier alpha value is -0.810. The van der Waals surface area contributed by atoms with Crippen LogP contribution in [-0.4, -0.2) is 52.5 Å². The zero-order valence-corrected chi connectivity index (χ0v) is 11.3. The Balaban J connectivity index is 1.59. The van der Waals surface area contributed by atoms with E-state index in [9.17, 15) is 15.0 Å². The van der Waals surface area contributed by atoms with Crippen molar-refractivity contribution in [3.8, 4) is 0 Å². The van der Waals surface area contributed by atoms with Gasteiger partial charge in [-0.05, 0) is 43.9 Å². The molecule has 0 spiro atoms. The van der Waals surface area contributed by atoms with Crippen LogP contribution in [-0.2, 0) is 0 Å². The fraction of sp³-hybridized carbons (Fsp3) is 0.929. The lowest BCUT2D eigenvalue weighted by molar-refractivity contribution is 0.140. The summed E-state index contributed by atoms with van der Waals surface area (Å²) in [4.78, 5) is 13.9. The molecular weight excluding hydrogens is 244 g/mol. The molecule has 108 valence electrons. The van der Waals surface area contributed by atoms with Crippen LogP contribution in [0, 0.1) is 11.8 Å². The lowest BCUT2D eigenvalue weighted by Crippen LogP contribution is -2.51. The number of rotatable bonds is 4. The Morgan fingerprint density at radius 3 is 2.47 bits per heavy atom. The highest BCUT2D eigenvalue weighted by Gasteiger charge is 2.42. The number of nitrogens with zero attached hydrogens (tertiary/aromatic N) is 1. The number of likely N-dealkylation sites (tertiary alicyclic amines) is 1. The molecule has 1 saturated heterocycles. The highest BCUT2D eigenvalue weighted by Crippen LogP contribution is 2.42. The van der Waals surface area contributed by atoms with Crippen LogP contribution in [0.25, 0.3) is 0 Å². The molecule has 1 aliphatic heterocycles. The van der Waals surface area contributed by atoms with Gasteiger partial charge in [0.1, 0.15) is 0 Å². The Morgan fingerprint density at radius 2 is 1.95 bits per heavy atom. The lowest BCUT2D eigenvalue weighted by Gasteiger charge is -2.36. The monoisotopic (exact) mass is 268 g/mol. The summed E-state index contributed by atoms with van der Waals surface area (Å²) in [5, 5.41) is 22.1. The molecule has 3 fully saturated rings. The van der Waals surface area contributed by atoms with Crippen LogP contribution in [0.2, 0.25) is 0 Å². The van der Waals surface area contributed by atoms with Gasteiger partial charge < -0.3 is 20.4 Å². The average molecular weight is 268 g/mol. The van der Waals surface area contributed by atoms with Crippen molar-refractivity contribution < 1.29 is 15.0 Å². The third-order valence-corrected chi connectivity index (χ3v) is 4.94. The number of aliphatic hydroxyl groups excluding tert-OH is 2. The van der Waals surface area contributed by atoms with Crippen molar-refractivity contribution in [3.63, 3.8) is 0 Å². The minimum absolute atomic E-state index is 0.0675. The van der Waals surface area contributed by atoms with E-state index >= 15 is 0 Å². The second-order valence-corrected chi connectivity index (χ2v) is 6.38. The van der Waals surface area contributed by atoms with Crippen LogP contribution in [0.5, 0.6) is 0 Å². The molecule has 0 aromatic carbocycles. The summed E-state index contributed by atoms with van der Waals surface area (Å²) >= 11 is 0. The number of hydrogen-bond acceptors (Lipinski definition) is 3. The number of hydrogen-bond donors (Lipinski definition) is 3. The van der Waals surface area contributed by atoms with Crippen molar-refractivity contribution in [1.29, 1.82) is 0 Å². The smallest absolute Gasteiger partial charge is 0.318 e. The normalized spacial score (nSPS) is 33.1. The van der Waals surface area contributed by atoms with Crippen molar-refractivity contribution in [3.05, 3.63) is 0 Å². The molecule has 3 rings (SSSR count). The van der Waals surface area contributed by atoms with Gasteiger partial charge in [-0.2, -0.15) is 0 Å². The minimum Gasteiger partial charge on any atom is -0.394 e. The van der Waals surface area contributed by atoms with Gasteiger partial charge in [-0.25, -0.2) is 4.79 Å². The molecular formula is C14H24N2O3. The maximum absolute atomic E-state index is 12.3. The summed E-state index contributed by atoms with van der Waals surface area (Å²) in [5.74, 6) is 1.31. The largest absolute Gasteiger partial charge is 0.394 e. The van der Waals surface area contributed by atoms with Crippen LogP contribution >= 0.6 is 0 Å². The van der Waals surface area contributed by atoms with Gasteiger partial charge in [-0.3, -0.25) is 0 Å². The molecule has 3 N–H and O–H groups in total. The molecule has 19 heavy (non-hydrogen) atoms. The van der Waals surface area contributed by atoms with Crippen molar-refractivity contribution in [2.75, 3.05) is 13.2 Å². The van der Waals surface area contributed by atoms with E-state index < -0.39 is 6.10 Å². The van der Waals surface area contributed by atoms with Gasteiger partial charge in [0, 0.05) is 12.6 Å². The molecule has 1 unspecified atom stereocenters. The van der Waals surface area contributed by atoms with Gasteiger partial charge in [0.15, 0.2) is 0 Å². The maximum Gasteiger partial charge on any atom is 0.318 e. The fourth-order valence-electron chi connectivity index (χ4n) is 3.41. The molecule has 5 heteroatoms. The number of amides is 2. The highest BCUT2D eigenvalue weighted by molar-refractivity contribution is 5.75. The molecule has 0 aromatic heterocycles. The third-order valence-electron chi connectivity index (χ3n) is 4.94. The van der Waals surface area contributed by atoms with E-state index in [1.807, 2.05) is 0 Å². The number of carbonyl (C=O) groups is 1. The molecule has 1 heterocycles. The van der Waals surface area contributed by atoms with Gasteiger partial charge in [-0.1, -0.05) is 6.42 Å². The van der Waals surface area contributed by atoms with Gasteiger partial charge in [0.2, 0.25) is 0 Å². The Kier molecular flexibility index (Phi) is 3.67. The summed E-state index contributed by atoms with van der Waals surface area (Å²) < 4.78 is 0. The van der Waals surface area contributed by atoms with Gasteiger partial charge in [0.25, 0.3) is 0 Å². The van der Waals surface area contributed by atoms with Crippen molar-refractivity contribution in [1.82, 2.24) is 10.2 Å². The lowest BCUT2D eigenvalue weighted by atomic mass is 9.78. The SMILES string of the molecule is O=C(NC(C1CCC1)C1CC1)N1C[C@@H](O)C[C@H]1CO. The van der Waals surface area contributed by atoms with Crippen LogP contribution in [0.15, 0.2) is 0 Å². The van der Waals surface area contributed by atoms with E-state index in [1.54, 1.807) is 4.90 Å². The van der Waals surface area contributed by atoms with Gasteiger partial charge >= 0.3 is 6.03 Å². The fourth-order valence-corrected chi connectivity index (χ4v) is 3.41. The zero-order chi connectivity index (χ0) is 13.4. The number of nitrogens with one attached hydrogen (secondary N) is 1. The van der Waals surface area contributed by atoms with Crippen LogP contribution < -0.4 is 5.32 Å². The molecule has 2 saturated carbocycles. The Bertz CT molecular complexity index is 342. The molecule has 0 bridgehead atoms. The zero-order valence-electron chi connectivity index (χ0n) is 11.3. The first-order valence-corrected chi connectivity index (χ1v) is 7.55. The number of carbonyl (C=O) groups excluding carboxylic acids is 1. The summed E-state index contributed by atoms with van der Waals surface area (Å²) in [6.07, 6.45) is 6.19. The summed E-state index contributed by atoms with van der Waals surface area (Å²) in [6.45, 7) is 0.279. The standard InChI is InChI=1S/C14H24N2O3/c17-8-11-6-12(18)7-16(11)14(19)15-13(10-4-5-10)9-2-1-3-9/h9-13,17-18H,1-8H2,(H,15,19)/t11-,12-,13?/m0/s1. The maximum atomic E-state index is 12.3. The van der Waals surface area contributed by atoms with Crippen LogP contribution in [0.4, 0.5) is 4.79 Å². The first-order chi connectivity index (χ1) is 9.19. The quantitative estimate of drug-likeness (QED) is 0.703. The van der Waals surface area contributed by atoms with E-state index in [-0.39, 0.29) is 18.7 Å². The van der Waals surface area contributed by atoms with E-state index in [1.165, 1.54) is 32.1 Å². The molecule has 2 aliphatic carbocycles. The molecule has 0 aromatic rings. The number of aliphatic hydroxyl groups is 2. The first kappa shape index (κ1) is 13.2. The molecule has 3 atom stereocenters. The van der Waals surface area contributed by atoms with Crippen molar-refractivity contribution in [2.24, 2.45) is 11.8 Å². The summed E-state index contributed by atoms with van der Waals surface area (Å²) in [5.41, 5.74) is 0. The minimum atomic E-state index is -0.494. The average Bonchev–Trinajstić information content (AvgIpc) is 3.09. The van der Waals surface area contributed by atoms with Gasteiger partial charge in [0.05, 0.1) is 18.8 Å². The topological polar surface area (TPSA) is 72.8 Å². The highest BCUT2D eigenvalue weighted by atomic mass is 16.3. The number of urea groups is 1. The second-order valence-electron chi connectivity index (χ2n) is 6.38. The van der Waals surface area contributed by atoms with Crippen LogP contribution in [0.3, 0.4) is 0 Å². The van der Waals surface area contributed by atoms with Gasteiger partial charge in [-0.15, -0.1) is 0 Å². The van der Waals surface area contributed by atoms with E-state index in [0.717, 1.165) is 0 Å². The first-order valence-electron chi connectivity index (χ1n) is 7.55. The van der Waals surface area contributed by atoms with Crippen molar-refractivity contribution in [2.45, 2.75) is 56.7 Å². The Labute approximate surface area is 114 Å². The summed E-state index contributed by atoms with van der Waals surface area (Å²) in [7, 11) is 0.